The van der Waals surface area contributed by atoms with Crippen molar-refractivity contribution < 1.29 is 33.3 Å². The molecule has 3 rings (SSSR count). The van der Waals surface area contributed by atoms with Gasteiger partial charge in [0.25, 0.3) is 0 Å². The van der Waals surface area contributed by atoms with Crippen molar-refractivity contribution >= 4 is 29.8 Å². The molecule has 1 aliphatic rings. The second-order valence-electron chi connectivity index (χ2n) is 21.2. The molecule has 2 aromatic rings. The minimum absolute atomic E-state index is 0.0392. The van der Waals surface area contributed by atoms with E-state index in [1.54, 1.807) is 0 Å². The zero-order valence-corrected chi connectivity index (χ0v) is 43.2. The van der Waals surface area contributed by atoms with E-state index in [-0.39, 0.29) is 85.8 Å². The number of rotatable bonds is 26. The smallest absolute Gasteiger partial charge is 0.331 e. The minimum atomic E-state index is -1.25. The number of aliphatic imine (C=N–C) groups is 2. The van der Waals surface area contributed by atoms with Gasteiger partial charge >= 0.3 is 17.9 Å². The predicted octanol–water partition coefficient (Wildman–Crippen LogP) is 12.6. The third kappa shape index (κ3) is 17.5. The van der Waals surface area contributed by atoms with Crippen LogP contribution in [0.4, 0.5) is 0 Å². The van der Waals surface area contributed by atoms with Gasteiger partial charge < -0.3 is 18.9 Å². The fourth-order valence-electron chi connectivity index (χ4n) is 7.36. The molecule has 5 unspecified atom stereocenters. The van der Waals surface area contributed by atoms with Crippen LogP contribution in [-0.4, -0.2) is 68.3 Å². The van der Waals surface area contributed by atoms with Crippen LogP contribution in [0.1, 0.15) is 164 Å². The molecule has 1 fully saturated rings. The fraction of sp³-hybridized carbons (Fsp3) is 0.661. The van der Waals surface area contributed by atoms with Crippen LogP contribution in [0, 0.1) is 46.8 Å². The summed E-state index contributed by atoms with van der Waals surface area (Å²) in [5.74, 6) is -0.219. The van der Waals surface area contributed by atoms with Crippen LogP contribution in [0.15, 0.2) is 69.8 Å². The van der Waals surface area contributed by atoms with Crippen LogP contribution < -0.4 is 0 Å². The van der Waals surface area contributed by atoms with Crippen molar-refractivity contribution in [1.82, 2.24) is 0 Å². The van der Waals surface area contributed by atoms with E-state index in [2.05, 4.69) is 104 Å². The molecule has 0 spiro atoms. The molecule has 1 aliphatic carbocycles. The van der Waals surface area contributed by atoms with E-state index in [9.17, 15) is 14.4 Å². The number of hydrogen-bond acceptors (Lipinski definition) is 9. The van der Waals surface area contributed by atoms with Gasteiger partial charge in [-0.2, -0.15) is 0 Å². The summed E-state index contributed by atoms with van der Waals surface area (Å²) in [5, 5.41) is 0. The molecular weight excluding hydrogens is 813 g/mol. The van der Waals surface area contributed by atoms with E-state index >= 15 is 0 Å². The summed E-state index contributed by atoms with van der Waals surface area (Å²) in [6, 6.07) is 16.4. The summed E-state index contributed by atoms with van der Waals surface area (Å²) in [6.07, 6.45) is 6.19. The first-order chi connectivity index (χ1) is 30.5. The molecule has 65 heavy (non-hydrogen) atoms. The quantitative estimate of drug-likeness (QED) is 0.0400. The maximum absolute atomic E-state index is 14.2. The first kappa shape index (κ1) is 55.1. The lowest BCUT2D eigenvalue weighted by Crippen LogP contribution is -2.45. The van der Waals surface area contributed by atoms with Gasteiger partial charge in [0, 0.05) is 18.3 Å². The Morgan fingerprint density at radius 2 is 1.00 bits per heavy atom. The third-order valence-corrected chi connectivity index (χ3v) is 13.1. The Balaban J connectivity index is 2.01. The Kier molecular flexibility index (Phi) is 22.2. The standard InChI is InChI=1S/C56H86N2O7/c1-35(2)43(15)53(59)63-32-56(33-64-54(60)44(16)36(3)4,34-65-55(61)51(40(11)12)57-30-41(13)28-45-20-24-47(25-21-45)37(5)6)31-62-52(49-18-17-19-49)50(39(9)10)58-42(14)29-46-22-26-48(27-23-46)38(7)8/h20-27,30,35-41,43-44,50-51H,17-19,28-29,31-34H2,1-16H3. The van der Waals surface area contributed by atoms with Gasteiger partial charge in [-0.3, -0.25) is 19.6 Å². The highest BCUT2D eigenvalue weighted by Crippen LogP contribution is 2.36. The van der Waals surface area contributed by atoms with Gasteiger partial charge in [0.2, 0.25) is 0 Å². The lowest BCUT2D eigenvalue weighted by atomic mass is 9.86. The maximum atomic E-state index is 14.2. The van der Waals surface area contributed by atoms with E-state index in [0.717, 1.165) is 37.2 Å². The van der Waals surface area contributed by atoms with Crippen molar-refractivity contribution in [2.45, 2.75) is 167 Å². The molecule has 0 N–H and O–H groups in total. The number of ether oxygens (including phenoxy) is 4. The van der Waals surface area contributed by atoms with Crippen LogP contribution in [0.25, 0.3) is 0 Å². The Morgan fingerprint density at radius 1 is 0.569 bits per heavy atom. The molecule has 0 aliphatic heterocycles. The van der Waals surface area contributed by atoms with Crippen molar-refractivity contribution in [3.05, 3.63) is 82.1 Å². The molecule has 0 heterocycles. The highest BCUT2D eigenvalue weighted by molar-refractivity contribution is 5.84. The zero-order valence-electron chi connectivity index (χ0n) is 43.2. The Bertz CT molecular complexity index is 1850. The molecule has 0 saturated heterocycles. The van der Waals surface area contributed by atoms with Crippen molar-refractivity contribution in [3.63, 3.8) is 0 Å². The molecular formula is C56H86N2O7. The van der Waals surface area contributed by atoms with E-state index in [4.69, 9.17) is 28.9 Å². The Hall–Kier alpha value is -4.27. The number of esters is 3. The van der Waals surface area contributed by atoms with Crippen LogP contribution in [0.5, 0.6) is 0 Å². The summed E-state index contributed by atoms with van der Waals surface area (Å²) in [4.78, 5) is 51.4. The molecule has 1 saturated carbocycles. The normalized spacial score (nSPS) is 16.7. The van der Waals surface area contributed by atoms with Gasteiger partial charge in [0.15, 0.2) is 0 Å². The van der Waals surface area contributed by atoms with E-state index in [1.807, 2.05) is 61.6 Å². The predicted molar refractivity (Wildman–Crippen MR) is 267 cm³/mol. The zero-order chi connectivity index (χ0) is 48.6. The van der Waals surface area contributed by atoms with Crippen molar-refractivity contribution in [2.24, 2.45) is 56.8 Å². The second-order valence-corrected chi connectivity index (χ2v) is 21.2. The van der Waals surface area contributed by atoms with E-state index < -0.39 is 17.4 Å². The molecule has 0 bridgehead atoms. The van der Waals surface area contributed by atoms with Crippen LogP contribution in [0.2, 0.25) is 0 Å². The number of benzene rings is 2. The van der Waals surface area contributed by atoms with Gasteiger partial charge in [-0.05, 0) is 102 Å². The average Bonchev–Trinajstić information content (AvgIpc) is 3.23. The highest BCUT2D eigenvalue weighted by atomic mass is 16.6. The number of allylic oxidation sites excluding steroid dienone is 1. The minimum Gasteiger partial charge on any atom is -0.495 e. The highest BCUT2D eigenvalue weighted by Gasteiger charge is 2.41. The molecule has 9 nitrogen and oxygen atoms in total. The largest absolute Gasteiger partial charge is 0.495 e. The summed E-state index contributed by atoms with van der Waals surface area (Å²) >= 11 is 0. The average molecular weight is 899 g/mol. The number of nitrogens with zero attached hydrogens (tertiary/aromatic N) is 2. The molecule has 0 aromatic heterocycles. The summed E-state index contributed by atoms with van der Waals surface area (Å²) in [5.41, 5.74) is 5.95. The van der Waals surface area contributed by atoms with Gasteiger partial charge in [-0.25, -0.2) is 4.79 Å². The van der Waals surface area contributed by atoms with Gasteiger partial charge in [-0.15, -0.1) is 0 Å². The molecule has 5 atom stereocenters. The third-order valence-electron chi connectivity index (χ3n) is 13.1. The monoisotopic (exact) mass is 899 g/mol. The first-order valence-corrected chi connectivity index (χ1v) is 24.6. The van der Waals surface area contributed by atoms with E-state index in [1.165, 1.54) is 27.8 Å². The van der Waals surface area contributed by atoms with Crippen LogP contribution in [-0.2, 0) is 46.2 Å². The first-order valence-electron chi connectivity index (χ1n) is 24.6. The van der Waals surface area contributed by atoms with Crippen molar-refractivity contribution in [1.29, 1.82) is 0 Å². The summed E-state index contributed by atoms with van der Waals surface area (Å²) in [7, 11) is 0. The molecule has 362 valence electrons. The van der Waals surface area contributed by atoms with Gasteiger partial charge in [0.05, 0.1) is 11.8 Å². The second kappa shape index (κ2) is 26.2. The summed E-state index contributed by atoms with van der Waals surface area (Å²) in [6.45, 7) is 32.1. The van der Waals surface area contributed by atoms with E-state index in [0.29, 0.717) is 18.3 Å². The topological polar surface area (TPSA) is 113 Å². The Morgan fingerprint density at radius 3 is 1.40 bits per heavy atom. The lowest BCUT2D eigenvalue weighted by molar-refractivity contribution is -0.171. The van der Waals surface area contributed by atoms with Gasteiger partial charge in [-0.1, -0.05) is 152 Å². The Labute approximate surface area is 394 Å². The SMILES string of the molecule is CC(Cc1ccc(C(C)C)cc1)=NC(C(OCC(COC(=O)C(C)C(C)C)(COC(=O)C(C)C(C)C)COC(=O)C(N=CC(C)Cc1ccc(C(C)C)cc1)C(C)C)=C1CCC1)C(C)C. The number of carbonyl (C=O) groups is 3. The molecule has 9 heteroatoms. The molecule has 0 radical (unpaired) electrons. The number of carbonyl (C=O) groups excluding carboxylic acids is 3. The summed E-state index contributed by atoms with van der Waals surface area (Å²) < 4.78 is 25.4. The van der Waals surface area contributed by atoms with Gasteiger partial charge in [0.1, 0.15) is 49.7 Å². The van der Waals surface area contributed by atoms with Crippen molar-refractivity contribution in [3.8, 4) is 0 Å². The van der Waals surface area contributed by atoms with Crippen molar-refractivity contribution in [2.75, 3.05) is 26.4 Å². The van der Waals surface area contributed by atoms with Crippen LogP contribution >= 0.6 is 0 Å². The maximum Gasteiger partial charge on any atom is 0.331 e. The lowest BCUT2D eigenvalue weighted by Gasteiger charge is -2.36. The molecule has 0 amide bonds. The fourth-order valence-corrected chi connectivity index (χ4v) is 7.36. The van der Waals surface area contributed by atoms with Crippen LogP contribution in [0.3, 0.4) is 0 Å². The molecule has 2 aromatic carbocycles. The number of hydrogen-bond donors (Lipinski definition) is 0.